The van der Waals surface area contributed by atoms with Crippen LogP contribution in [-0.4, -0.2) is 15.7 Å². The first kappa shape index (κ1) is 22.4. The Morgan fingerprint density at radius 1 is 1.03 bits per heavy atom. The molecule has 0 saturated heterocycles. The lowest BCUT2D eigenvalue weighted by Crippen LogP contribution is -2.11. The van der Waals surface area contributed by atoms with Gasteiger partial charge < -0.3 is 10.1 Å². The van der Waals surface area contributed by atoms with E-state index in [9.17, 15) is 4.79 Å². The van der Waals surface area contributed by atoms with Crippen LogP contribution in [-0.2, 0) is 13.2 Å². The van der Waals surface area contributed by atoms with Gasteiger partial charge in [-0.25, -0.2) is 0 Å². The van der Waals surface area contributed by atoms with Gasteiger partial charge in [0.1, 0.15) is 12.4 Å². The number of carbonyl (C=O) groups excluding carboxylic acids is 1. The summed E-state index contributed by atoms with van der Waals surface area (Å²) < 4.78 is 7.61. The number of benzene rings is 2. The fourth-order valence-corrected chi connectivity index (χ4v) is 4.39. The van der Waals surface area contributed by atoms with E-state index in [2.05, 4.69) is 16.5 Å². The number of halogens is 2. The minimum atomic E-state index is -0.201. The minimum absolute atomic E-state index is 0.201. The van der Waals surface area contributed by atoms with Crippen molar-refractivity contribution in [2.24, 2.45) is 0 Å². The number of rotatable bonds is 7. The molecule has 0 aliphatic rings. The first-order valence-corrected chi connectivity index (χ1v) is 11.6. The number of hydrogen-bond acceptors (Lipinski definition) is 4. The Hall–Kier alpha value is -2.80. The highest BCUT2D eigenvalue weighted by atomic mass is 35.5. The van der Waals surface area contributed by atoms with Gasteiger partial charge in [-0.1, -0.05) is 35.3 Å². The third-order valence-electron chi connectivity index (χ3n) is 4.69. The molecule has 0 aliphatic heterocycles. The normalized spacial score (nSPS) is 10.9. The van der Waals surface area contributed by atoms with Crippen molar-refractivity contribution < 1.29 is 9.53 Å². The van der Waals surface area contributed by atoms with Gasteiger partial charge in [0.05, 0.1) is 21.5 Å². The van der Waals surface area contributed by atoms with Crippen LogP contribution in [0.25, 0.3) is 0 Å². The van der Waals surface area contributed by atoms with Crippen LogP contribution in [0.15, 0.2) is 60.1 Å². The van der Waals surface area contributed by atoms with Crippen molar-refractivity contribution in [3.8, 4) is 5.75 Å². The Morgan fingerprint density at radius 2 is 1.81 bits per heavy atom. The molecule has 4 rings (SSSR count). The number of aromatic nitrogens is 2. The minimum Gasteiger partial charge on any atom is -0.489 e. The standard InChI is InChI=1S/C24H21Cl2N3O2S/c1-15-7-16(2)9-19(8-15)31-13-18-11-22(32-14-18)24(30)27-23-5-6-29(28-23)12-17-3-4-20(25)21(26)10-17/h3-11,14H,12-13H2,1-2H3,(H,27,28,30). The molecular formula is C24H21Cl2N3O2S. The molecule has 0 radical (unpaired) electrons. The molecular weight excluding hydrogens is 465 g/mol. The first-order valence-electron chi connectivity index (χ1n) is 9.93. The SMILES string of the molecule is Cc1cc(C)cc(OCc2csc(C(=O)Nc3ccn(Cc4ccc(Cl)c(Cl)c4)n3)c2)c1. The molecule has 4 aromatic rings. The molecule has 0 saturated carbocycles. The van der Waals surface area contributed by atoms with Crippen molar-refractivity contribution in [2.75, 3.05) is 5.32 Å². The second kappa shape index (κ2) is 9.77. The van der Waals surface area contributed by atoms with Crippen LogP contribution in [0.1, 0.15) is 31.9 Å². The van der Waals surface area contributed by atoms with Crippen molar-refractivity contribution in [1.29, 1.82) is 0 Å². The molecule has 164 valence electrons. The number of thiophene rings is 1. The summed E-state index contributed by atoms with van der Waals surface area (Å²) in [6, 6.07) is 15.2. The van der Waals surface area contributed by atoms with Crippen molar-refractivity contribution >= 4 is 46.3 Å². The number of nitrogens with zero attached hydrogens (tertiary/aromatic N) is 2. The van der Waals surface area contributed by atoms with Crippen molar-refractivity contribution in [1.82, 2.24) is 9.78 Å². The van der Waals surface area contributed by atoms with Crippen LogP contribution in [0, 0.1) is 13.8 Å². The van der Waals surface area contributed by atoms with Gasteiger partial charge in [0, 0.05) is 17.8 Å². The van der Waals surface area contributed by atoms with Gasteiger partial charge in [0.15, 0.2) is 5.82 Å². The lowest BCUT2D eigenvalue weighted by atomic mass is 10.1. The zero-order valence-electron chi connectivity index (χ0n) is 17.6. The summed E-state index contributed by atoms with van der Waals surface area (Å²) in [4.78, 5) is 13.2. The van der Waals surface area contributed by atoms with Crippen molar-refractivity contribution in [3.05, 3.63) is 97.3 Å². The number of nitrogens with one attached hydrogen (secondary N) is 1. The lowest BCUT2D eigenvalue weighted by Gasteiger charge is -2.07. The number of hydrogen-bond donors (Lipinski definition) is 1. The molecule has 2 aromatic heterocycles. The Balaban J connectivity index is 1.34. The molecule has 8 heteroatoms. The highest BCUT2D eigenvalue weighted by Gasteiger charge is 2.12. The van der Waals surface area contributed by atoms with Crippen LogP contribution in [0.5, 0.6) is 5.75 Å². The van der Waals surface area contributed by atoms with E-state index in [1.54, 1.807) is 29.1 Å². The van der Waals surface area contributed by atoms with Gasteiger partial charge in [0.2, 0.25) is 0 Å². The van der Waals surface area contributed by atoms with Gasteiger partial charge >= 0.3 is 0 Å². The zero-order valence-corrected chi connectivity index (χ0v) is 19.9. The molecule has 0 spiro atoms. The van der Waals surface area contributed by atoms with Crippen LogP contribution >= 0.6 is 34.5 Å². The largest absolute Gasteiger partial charge is 0.489 e. The van der Waals surface area contributed by atoms with Crippen molar-refractivity contribution in [3.63, 3.8) is 0 Å². The predicted molar refractivity (Wildman–Crippen MR) is 130 cm³/mol. The molecule has 2 heterocycles. The van der Waals surface area contributed by atoms with E-state index in [1.165, 1.54) is 11.3 Å². The van der Waals surface area contributed by atoms with Crippen LogP contribution in [0.2, 0.25) is 10.0 Å². The second-order valence-corrected chi connectivity index (χ2v) is 9.26. The third-order valence-corrected chi connectivity index (χ3v) is 6.41. The summed E-state index contributed by atoms with van der Waals surface area (Å²) in [5.74, 6) is 1.11. The molecule has 0 unspecified atom stereocenters. The van der Waals surface area contributed by atoms with E-state index in [0.717, 1.165) is 28.0 Å². The number of anilines is 1. The van der Waals surface area contributed by atoms with Gasteiger partial charge in [-0.3, -0.25) is 9.48 Å². The number of aryl methyl sites for hydroxylation is 2. The van der Waals surface area contributed by atoms with E-state index in [1.807, 2.05) is 43.5 Å². The molecule has 1 N–H and O–H groups in total. The summed E-state index contributed by atoms with van der Waals surface area (Å²) >= 11 is 13.4. The highest BCUT2D eigenvalue weighted by Crippen LogP contribution is 2.23. The Bertz CT molecular complexity index is 1250. The maximum atomic E-state index is 12.6. The smallest absolute Gasteiger partial charge is 0.266 e. The Labute approximate surface area is 200 Å². The zero-order chi connectivity index (χ0) is 22.7. The quantitative estimate of drug-likeness (QED) is 0.315. The maximum absolute atomic E-state index is 12.6. The molecule has 0 bridgehead atoms. The Morgan fingerprint density at radius 3 is 2.56 bits per heavy atom. The van der Waals surface area contributed by atoms with Gasteiger partial charge in [0.25, 0.3) is 5.91 Å². The third kappa shape index (κ3) is 5.71. The van der Waals surface area contributed by atoms with Crippen LogP contribution in [0.4, 0.5) is 5.82 Å². The molecule has 0 atom stereocenters. The fourth-order valence-electron chi connectivity index (χ4n) is 3.27. The summed E-state index contributed by atoms with van der Waals surface area (Å²) in [5.41, 5.74) is 4.23. The second-order valence-electron chi connectivity index (χ2n) is 7.53. The van der Waals surface area contributed by atoms with Crippen LogP contribution in [0.3, 0.4) is 0 Å². The molecule has 0 aliphatic carbocycles. The average Bonchev–Trinajstić information content (AvgIpc) is 3.38. The lowest BCUT2D eigenvalue weighted by molar-refractivity contribution is 0.103. The topological polar surface area (TPSA) is 56.1 Å². The van der Waals surface area contributed by atoms with Gasteiger partial charge in [-0.05, 0) is 66.2 Å². The number of ether oxygens (including phenoxy) is 1. The van der Waals surface area contributed by atoms with E-state index >= 15 is 0 Å². The summed E-state index contributed by atoms with van der Waals surface area (Å²) in [5, 5.41) is 10.2. The van der Waals surface area contributed by atoms with Crippen molar-refractivity contribution in [2.45, 2.75) is 27.0 Å². The predicted octanol–water partition coefficient (Wildman–Crippen LogP) is 6.75. The number of amides is 1. The molecule has 32 heavy (non-hydrogen) atoms. The molecule has 0 fully saturated rings. The van der Waals surface area contributed by atoms with Gasteiger partial charge in [-0.15, -0.1) is 11.3 Å². The monoisotopic (exact) mass is 485 g/mol. The van der Waals surface area contributed by atoms with E-state index < -0.39 is 0 Å². The number of carbonyl (C=O) groups is 1. The maximum Gasteiger partial charge on any atom is 0.266 e. The van der Waals surface area contributed by atoms with E-state index in [0.29, 0.717) is 33.9 Å². The molecule has 1 amide bonds. The van der Waals surface area contributed by atoms with E-state index in [-0.39, 0.29) is 5.91 Å². The average molecular weight is 486 g/mol. The fraction of sp³-hybridized carbons (Fsp3) is 0.167. The first-order chi connectivity index (χ1) is 15.4. The van der Waals surface area contributed by atoms with E-state index in [4.69, 9.17) is 27.9 Å². The molecule has 5 nitrogen and oxygen atoms in total. The summed E-state index contributed by atoms with van der Waals surface area (Å²) in [6.07, 6.45) is 1.80. The van der Waals surface area contributed by atoms with Crippen LogP contribution < -0.4 is 10.1 Å². The summed E-state index contributed by atoms with van der Waals surface area (Å²) in [6.45, 7) is 5.01. The highest BCUT2D eigenvalue weighted by molar-refractivity contribution is 7.12. The Kier molecular flexibility index (Phi) is 6.84. The summed E-state index contributed by atoms with van der Waals surface area (Å²) in [7, 11) is 0. The van der Waals surface area contributed by atoms with Gasteiger partial charge in [-0.2, -0.15) is 5.10 Å². The molecule has 2 aromatic carbocycles.